The minimum absolute atomic E-state index is 0.214. The molecule has 6 nitrogen and oxygen atoms in total. The molecule has 0 saturated heterocycles. The summed E-state index contributed by atoms with van der Waals surface area (Å²) in [5.74, 6) is -0.251. The van der Waals surface area contributed by atoms with Gasteiger partial charge in [0.15, 0.2) is 0 Å². The predicted molar refractivity (Wildman–Crippen MR) is 96.2 cm³/mol. The van der Waals surface area contributed by atoms with Crippen LogP contribution in [0.2, 0.25) is 5.15 Å². The van der Waals surface area contributed by atoms with Gasteiger partial charge in [0.1, 0.15) is 11.0 Å². The van der Waals surface area contributed by atoms with E-state index in [0.29, 0.717) is 23.8 Å². The third kappa shape index (κ3) is 3.83. The van der Waals surface area contributed by atoms with Crippen molar-refractivity contribution in [3.63, 3.8) is 0 Å². The van der Waals surface area contributed by atoms with E-state index in [1.54, 1.807) is 31.2 Å². The molecule has 2 aromatic heterocycles. The van der Waals surface area contributed by atoms with Crippen LogP contribution in [-0.4, -0.2) is 27.8 Å². The first-order chi connectivity index (χ1) is 12.5. The van der Waals surface area contributed by atoms with Crippen LogP contribution in [0.15, 0.2) is 42.6 Å². The number of carbonyl (C=O) groups is 1. The number of aryl methyl sites for hydroxylation is 1. The number of hydrogen-bond donors (Lipinski definition) is 1. The highest BCUT2D eigenvalue weighted by Gasteiger charge is 2.20. The van der Waals surface area contributed by atoms with Crippen LogP contribution >= 0.6 is 11.6 Å². The molecule has 3 aromatic rings. The van der Waals surface area contributed by atoms with Gasteiger partial charge >= 0.3 is 0 Å². The number of aromatic nitrogens is 3. The highest BCUT2D eigenvalue weighted by Crippen LogP contribution is 2.22. The van der Waals surface area contributed by atoms with Gasteiger partial charge in [0, 0.05) is 6.07 Å². The molecule has 0 aliphatic rings. The summed E-state index contributed by atoms with van der Waals surface area (Å²) in [7, 11) is 1.51. The molecule has 8 heteroatoms. The summed E-state index contributed by atoms with van der Waals surface area (Å²) in [5, 5.41) is 7.26. The highest BCUT2D eigenvalue weighted by molar-refractivity contribution is 6.33. The fraction of sp³-hybridized carbons (Fsp3) is 0.167. The van der Waals surface area contributed by atoms with Crippen molar-refractivity contribution in [2.75, 3.05) is 12.4 Å². The van der Waals surface area contributed by atoms with E-state index in [9.17, 15) is 9.18 Å². The van der Waals surface area contributed by atoms with Gasteiger partial charge in [-0.05, 0) is 30.7 Å². The molecular weight excluding hydrogens is 359 g/mol. The molecule has 0 aliphatic heterocycles. The van der Waals surface area contributed by atoms with E-state index in [2.05, 4.69) is 15.4 Å². The number of nitrogens with zero attached hydrogens (tertiary/aromatic N) is 3. The maximum absolute atomic E-state index is 13.0. The molecule has 1 amide bonds. The Labute approximate surface area is 154 Å². The van der Waals surface area contributed by atoms with Crippen molar-refractivity contribution in [1.29, 1.82) is 0 Å². The van der Waals surface area contributed by atoms with Crippen LogP contribution in [0.5, 0.6) is 5.88 Å². The Bertz CT molecular complexity index is 924. The van der Waals surface area contributed by atoms with Crippen LogP contribution in [0.3, 0.4) is 0 Å². The number of ether oxygens (including phenoxy) is 1. The smallest absolute Gasteiger partial charge is 0.260 e. The average Bonchev–Trinajstić information content (AvgIpc) is 2.91. The first kappa shape index (κ1) is 17.9. The standard InChI is InChI=1S/C18H16ClFN4O2/c1-11-16(18(25)22-14-7-8-15(26-2)21-9-14)17(19)24(23-11)10-12-3-5-13(20)6-4-12/h3-9H,10H2,1-2H3,(H,22,25). The Morgan fingerprint density at radius 2 is 2.00 bits per heavy atom. The quantitative estimate of drug-likeness (QED) is 0.739. The number of halogens is 2. The maximum Gasteiger partial charge on any atom is 0.260 e. The molecule has 1 N–H and O–H groups in total. The summed E-state index contributed by atoms with van der Waals surface area (Å²) < 4.78 is 19.5. The first-order valence-corrected chi connectivity index (χ1v) is 8.14. The number of anilines is 1. The van der Waals surface area contributed by atoms with Crippen LogP contribution in [0, 0.1) is 12.7 Å². The lowest BCUT2D eigenvalue weighted by Gasteiger charge is -2.06. The number of amides is 1. The van der Waals surface area contributed by atoms with Gasteiger partial charge in [-0.3, -0.25) is 4.79 Å². The Balaban J connectivity index is 1.79. The molecule has 1 aromatic carbocycles. The average molecular weight is 375 g/mol. The van der Waals surface area contributed by atoms with Gasteiger partial charge < -0.3 is 10.1 Å². The van der Waals surface area contributed by atoms with Crippen molar-refractivity contribution in [2.45, 2.75) is 13.5 Å². The molecule has 0 saturated carbocycles. The van der Waals surface area contributed by atoms with Crippen molar-refractivity contribution < 1.29 is 13.9 Å². The molecule has 0 unspecified atom stereocenters. The number of carbonyl (C=O) groups excluding carboxylic acids is 1. The van der Waals surface area contributed by atoms with Gasteiger partial charge in [-0.15, -0.1) is 0 Å². The lowest BCUT2D eigenvalue weighted by atomic mass is 10.2. The minimum Gasteiger partial charge on any atom is -0.481 e. The predicted octanol–water partition coefficient (Wildman–Crippen LogP) is 3.69. The van der Waals surface area contributed by atoms with E-state index in [0.717, 1.165) is 5.56 Å². The second-order valence-corrected chi connectivity index (χ2v) is 5.94. The monoisotopic (exact) mass is 374 g/mol. The summed E-state index contributed by atoms with van der Waals surface area (Å²) in [4.78, 5) is 16.6. The zero-order chi connectivity index (χ0) is 18.7. The van der Waals surface area contributed by atoms with Crippen molar-refractivity contribution >= 4 is 23.2 Å². The van der Waals surface area contributed by atoms with Crippen LogP contribution in [0.1, 0.15) is 21.6 Å². The SMILES string of the molecule is COc1ccc(NC(=O)c2c(C)nn(Cc3ccc(F)cc3)c2Cl)cn1. The van der Waals surface area contributed by atoms with E-state index < -0.39 is 0 Å². The largest absolute Gasteiger partial charge is 0.481 e. The molecule has 134 valence electrons. The number of pyridine rings is 1. The normalized spacial score (nSPS) is 10.6. The topological polar surface area (TPSA) is 69.0 Å². The van der Waals surface area contributed by atoms with Gasteiger partial charge in [-0.1, -0.05) is 23.7 Å². The molecule has 0 aliphatic carbocycles. The number of hydrogen-bond acceptors (Lipinski definition) is 4. The highest BCUT2D eigenvalue weighted by atomic mass is 35.5. The molecule has 26 heavy (non-hydrogen) atoms. The fourth-order valence-electron chi connectivity index (χ4n) is 2.45. The number of benzene rings is 1. The van der Waals surface area contributed by atoms with Gasteiger partial charge in [-0.25, -0.2) is 14.1 Å². The first-order valence-electron chi connectivity index (χ1n) is 7.76. The molecule has 3 rings (SSSR count). The zero-order valence-electron chi connectivity index (χ0n) is 14.2. The van der Waals surface area contributed by atoms with Crippen molar-refractivity contribution in [3.8, 4) is 5.88 Å². The summed E-state index contributed by atoms with van der Waals surface area (Å²) in [6.07, 6.45) is 1.49. The maximum atomic E-state index is 13.0. The van der Waals surface area contributed by atoms with E-state index >= 15 is 0 Å². The van der Waals surface area contributed by atoms with Crippen LogP contribution in [-0.2, 0) is 6.54 Å². The second-order valence-electron chi connectivity index (χ2n) is 5.58. The molecular formula is C18H16ClFN4O2. The third-order valence-electron chi connectivity index (χ3n) is 3.74. The molecule has 0 fully saturated rings. The van der Waals surface area contributed by atoms with Crippen molar-refractivity contribution in [3.05, 3.63) is 70.4 Å². The number of rotatable bonds is 5. The summed E-state index contributed by atoms with van der Waals surface area (Å²) in [6.45, 7) is 2.03. The van der Waals surface area contributed by atoms with Gasteiger partial charge in [0.25, 0.3) is 5.91 Å². The van der Waals surface area contributed by atoms with Crippen molar-refractivity contribution in [1.82, 2.24) is 14.8 Å². The Morgan fingerprint density at radius 3 is 2.62 bits per heavy atom. The minimum atomic E-state index is -0.384. The van der Waals surface area contributed by atoms with Crippen LogP contribution in [0.4, 0.5) is 10.1 Å². The van der Waals surface area contributed by atoms with Crippen LogP contribution < -0.4 is 10.1 Å². The van der Waals surface area contributed by atoms with E-state index in [4.69, 9.17) is 16.3 Å². The molecule has 0 spiro atoms. The summed E-state index contributed by atoms with van der Waals surface area (Å²) in [5.41, 5.74) is 2.11. The van der Waals surface area contributed by atoms with Gasteiger partial charge in [0.05, 0.1) is 36.8 Å². The Kier molecular flexibility index (Phi) is 5.18. The second kappa shape index (κ2) is 7.53. The Morgan fingerprint density at radius 1 is 1.27 bits per heavy atom. The van der Waals surface area contributed by atoms with Crippen LogP contribution in [0.25, 0.3) is 0 Å². The third-order valence-corrected chi connectivity index (χ3v) is 4.13. The lowest BCUT2D eigenvalue weighted by Crippen LogP contribution is -2.13. The van der Waals surface area contributed by atoms with E-state index in [1.165, 1.54) is 30.1 Å². The lowest BCUT2D eigenvalue weighted by molar-refractivity contribution is 0.102. The summed E-state index contributed by atoms with van der Waals surface area (Å²) in [6, 6.07) is 9.34. The van der Waals surface area contributed by atoms with Gasteiger partial charge in [-0.2, -0.15) is 5.10 Å². The summed E-state index contributed by atoms with van der Waals surface area (Å²) >= 11 is 6.35. The van der Waals surface area contributed by atoms with Gasteiger partial charge in [0.2, 0.25) is 5.88 Å². The molecule has 0 atom stereocenters. The number of nitrogens with one attached hydrogen (secondary N) is 1. The molecule has 2 heterocycles. The fourth-order valence-corrected chi connectivity index (χ4v) is 2.77. The zero-order valence-corrected chi connectivity index (χ0v) is 14.9. The number of methoxy groups -OCH3 is 1. The van der Waals surface area contributed by atoms with E-state index in [-0.39, 0.29) is 22.4 Å². The Hall–Kier alpha value is -2.93. The van der Waals surface area contributed by atoms with E-state index in [1.807, 2.05) is 0 Å². The molecule has 0 bridgehead atoms. The van der Waals surface area contributed by atoms with Crippen molar-refractivity contribution in [2.24, 2.45) is 0 Å². The molecule has 0 radical (unpaired) electrons.